The van der Waals surface area contributed by atoms with Gasteiger partial charge in [0.15, 0.2) is 6.79 Å². The van der Waals surface area contributed by atoms with Gasteiger partial charge in [-0.15, -0.1) is 6.42 Å². The first-order chi connectivity index (χ1) is 12.5. The second kappa shape index (κ2) is 8.51. The van der Waals surface area contributed by atoms with Gasteiger partial charge in [-0.05, 0) is 44.6 Å². The summed E-state index contributed by atoms with van der Waals surface area (Å²) in [6.07, 6.45) is 9.23. The molecule has 0 unspecified atom stereocenters. The summed E-state index contributed by atoms with van der Waals surface area (Å²) in [6, 6.07) is 1.03. The molecule has 152 valence electrons. The molecule has 0 aromatic heterocycles. The van der Waals surface area contributed by atoms with Gasteiger partial charge in [0, 0.05) is 20.6 Å². The zero-order valence-corrected chi connectivity index (χ0v) is 18.7. The highest BCUT2D eigenvalue weighted by Gasteiger charge is 2.56. The summed E-state index contributed by atoms with van der Waals surface area (Å²) in [5, 5.41) is 10.7. The van der Waals surface area contributed by atoms with Crippen molar-refractivity contribution in [2.45, 2.75) is 65.4 Å². The fraction of sp³-hybridized carbons (Fsp3) is 0.773. The van der Waals surface area contributed by atoms with Gasteiger partial charge < -0.3 is 14.6 Å². The third kappa shape index (κ3) is 4.67. The van der Waals surface area contributed by atoms with Crippen molar-refractivity contribution in [2.24, 2.45) is 29.1 Å². The molecule has 2 aliphatic carbocycles. The van der Waals surface area contributed by atoms with Gasteiger partial charge in [0.2, 0.25) is 0 Å². The molecule has 0 aromatic rings. The van der Waals surface area contributed by atoms with Gasteiger partial charge in [0.1, 0.15) is 0 Å². The number of rotatable bonds is 6. The predicted molar refractivity (Wildman–Crippen MR) is 111 cm³/mol. The Kier molecular flexibility index (Phi) is 6.99. The van der Waals surface area contributed by atoms with Gasteiger partial charge in [-0.3, -0.25) is 4.79 Å². The van der Waals surface area contributed by atoms with Crippen molar-refractivity contribution in [3.63, 3.8) is 0 Å². The second-order valence-electron chi connectivity index (χ2n) is 9.79. The van der Waals surface area contributed by atoms with E-state index < -0.39 is 19.6 Å². The number of carbonyl (C=O) groups excluding carboxylic acids is 1. The lowest BCUT2D eigenvalue weighted by Crippen LogP contribution is -2.54. The van der Waals surface area contributed by atoms with E-state index >= 15 is 0 Å². The van der Waals surface area contributed by atoms with E-state index in [1.54, 1.807) is 0 Å². The Morgan fingerprint density at radius 3 is 2.67 bits per heavy atom. The largest absolute Gasteiger partial charge is 0.438 e. The van der Waals surface area contributed by atoms with Crippen LogP contribution >= 0.6 is 0 Å². The van der Waals surface area contributed by atoms with E-state index in [2.05, 4.69) is 38.6 Å². The van der Waals surface area contributed by atoms with Gasteiger partial charge in [0.05, 0.1) is 17.4 Å². The fourth-order valence-electron chi connectivity index (χ4n) is 4.69. The topological polar surface area (TPSA) is 55.8 Å². The van der Waals surface area contributed by atoms with E-state index in [1.807, 2.05) is 13.8 Å². The SMILES string of the molecule is C#C[C@H]1C(C)=C[C@H]2[C@H](O)[C@@H](C)CC[C@@H]2[C@@]1(C)C(=O)OCOCC[Si](C)(C)C. The number of hydrogen-bond donors (Lipinski definition) is 1. The molecule has 0 amide bonds. The molecule has 2 rings (SSSR count). The quantitative estimate of drug-likeness (QED) is 0.185. The Bertz CT molecular complexity index is 615. The predicted octanol–water partition coefficient (Wildman–Crippen LogP) is 4.08. The average Bonchev–Trinajstić information content (AvgIpc) is 2.57. The molecular formula is C22H36O4Si. The monoisotopic (exact) mass is 392 g/mol. The van der Waals surface area contributed by atoms with E-state index in [1.165, 1.54) is 0 Å². The van der Waals surface area contributed by atoms with Gasteiger partial charge in [0.25, 0.3) is 0 Å². The van der Waals surface area contributed by atoms with Gasteiger partial charge in [-0.25, -0.2) is 0 Å². The number of fused-ring (bicyclic) bond motifs is 1. The van der Waals surface area contributed by atoms with Crippen molar-refractivity contribution in [1.29, 1.82) is 0 Å². The zero-order chi connectivity index (χ0) is 20.4. The van der Waals surface area contributed by atoms with Crippen LogP contribution in [0.5, 0.6) is 0 Å². The van der Waals surface area contributed by atoms with Crippen molar-refractivity contribution in [1.82, 2.24) is 0 Å². The third-order valence-electron chi connectivity index (χ3n) is 6.53. The minimum Gasteiger partial charge on any atom is -0.438 e. The molecule has 1 saturated carbocycles. The Morgan fingerprint density at radius 2 is 2.07 bits per heavy atom. The summed E-state index contributed by atoms with van der Waals surface area (Å²) < 4.78 is 11.1. The molecule has 2 aliphatic rings. The highest BCUT2D eigenvalue weighted by Crippen LogP contribution is 2.54. The van der Waals surface area contributed by atoms with E-state index in [9.17, 15) is 9.90 Å². The molecule has 0 spiro atoms. The van der Waals surface area contributed by atoms with Crippen LogP contribution in [0.15, 0.2) is 11.6 Å². The number of ether oxygens (including phenoxy) is 2. The van der Waals surface area contributed by atoms with Gasteiger partial charge in [-0.2, -0.15) is 0 Å². The standard InChI is InChI=1S/C22H36O4Si/c1-8-18-16(3)13-17-19(10-9-15(2)20(17)23)22(18,4)21(24)26-14-25-11-12-27(5,6)7/h1,13,15,17-20,23H,9-12,14H2,2-7H3/t15-,17+,18-,19-,20+,22-/m0/s1. The molecule has 4 nitrogen and oxygen atoms in total. The van der Waals surface area contributed by atoms with E-state index in [4.69, 9.17) is 15.9 Å². The first-order valence-electron chi connectivity index (χ1n) is 10.1. The normalized spacial score (nSPS) is 36.4. The van der Waals surface area contributed by atoms with Crippen LogP contribution in [0.4, 0.5) is 0 Å². The van der Waals surface area contributed by atoms with Gasteiger partial charge >= 0.3 is 5.97 Å². The lowest BCUT2D eigenvalue weighted by molar-refractivity contribution is -0.178. The molecule has 1 N–H and O–H groups in total. The maximum atomic E-state index is 13.1. The number of terminal acetylenes is 1. The van der Waals surface area contributed by atoms with E-state index in [-0.39, 0.29) is 36.4 Å². The fourth-order valence-corrected chi connectivity index (χ4v) is 5.44. The number of esters is 1. The van der Waals surface area contributed by atoms with Crippen LogP contribution in [0.1, 0.15) is 33.6 Å². The number of carbonyl (C=O) groups is 1. The molecule has 0 saturated heterocycles. The van der Waals surface area contributed by atoms with Crippen LogP contribution in [0.2, 0.25) is 25.7 Å². The summed E-state index contributed by atoms with van der Waals surface area (Å²) in [4.78, 5) is 13.1. The minimum absolute atomic E-state index is 0.0112. The Morgan fingerprint density at radius 1 is 1.41 bits per heavy atom. The second-order valence-corrected chi connectivity index (χ2v) is 15.4. The number of allylic oxidation sites excluding steroid dienone is 1. The lowest BCUT2D eigenvalue weighted by Gasteiger charge is -2.51. The maximum absolute atomic E-state index is 13.1. The molecule has 6 atom stereocenters. The van der Waals surface area contributed by atoms with Crippen molar-refractivity contribution in [3.05, 3.63) is 11.6 Å². The molecule has 0 heterocycles. The Hall–Kier alpha value is -1.09. The van der Waals surface area contributed by atoms with Crippen LogP contribution < -0.4 is 0 Å². The summed E-state index contributed by atoms with van der Waals surface area (Å²) in [7, 11) is -1.17. The Balaban J connectivity index is 2.12. The number of aliphatic hydroxyl groups excluding tert-OH is 1. The van der Waals surface area contributed by atoms with Crippen molar-refractivity contribution < 1.29 is 19.4 Å². The van der Waals surface area contributed by atoms with Crippen LogP contribution in [0.3, 0.4) is 0 Å². The first-order valence-corrected chi connectivity index (χ1v) is 13.8. The summed E-state index contributed by atoms with van der Waals surface area (Å²) in [6.45, 7) is 13.4. The summed E-state index contributed by atoms with van der Waals surface area (Å²) in [5.74, 6) is 2.37. The van der Waals surface area contributed by atoms with Crippen LogP contribution in [0.25, 0.3) is 0 Å². The third-order valence-corrected chi connectivity index (χ3v) is 8.24. The van der Waals surface area contributed by atoms with Crippen LogP contribution in [-0.2, 0) is 14.3 Å². The average molecular weight is 393 g/mol. The highest BCUT2D eigenvalue weighted by molar-refractivity contribution is 6.76. The van der Waals surface area contributed by atoms with Crippen LogP contribution in [0, 0.1) is 41.4 Å². The molecule has 0 radical (unpaired) electrons. The zero-order valence-electron chi connectivity index (χ0n) is 17.7. The number of hydrogen-bond acceptors (Lipinski definition) is 4. The van der Waals surface area contributed by atoms with E-state index in [0.717, 1.165) is 24.5 Å². The van der Waals surface area contributed by atoms with Crippen molar-refractivity contribution >= 4 is 14.0 Å². The minimum atomic E-state index is -1.17. The molecular weight excluding hydrogens is 356 g/mol. The molecule has 0 bridgehead atoms. The van der Waals surface area contributed by atoms with E-state index in [0.29, 0.717) is 6.61 Å². The molecule has 5 heteroatoms. The van der Waals surface area contributed by atoms with Crippen molar-refractivity contribution in [3.8, 4) is 12.3 Å². The smallest absolute Gasteiger partial charge is 0.315 e. The molecule has 1 fully saturated rings. The Labute approximate surface area is 165 Å². The summed E-state index contributed by atoms with van der Waals surface area (Å²) >= 11 is 0. The summed E-state index contributed by atoms with van der Waals surface area (Å²) in [5.41, 5.74) is 0.146. The number of aliphatic hydroxyl groups is 1. The highest BCUT2D eigenvalue weighted by atomic mass is 28.3. The molecule has 27 heavy (non-hydrogen) atoms. The first kappa shape index (κ1) is 22.2. The van der Waals surface area contributed by atoms with Crippen molar-refractivity contribution in [2.75, 3.05) is 13.4 Å². The maximum Gasteiger partial charge on any atom is 0.315 e. The lowest BCUT2D eigenvalue weighted by atomic mass is 9.53. The van der Waals surface area contributed by atoms with Crippen LogP contribution in [-0.4, -0.2) is 38.7 Å². The molecule has 0 aliphatic heterocycles. The molecule has 0 aromatic carbocycles. The van der Waals surface area contributed by atoms with Gasteiger partial charge in [-0.1, -0.05) is 44.1 Å².